The second kappa shape index (κ2) is 12.3. The fourth-order valence-electron chi connectivity index (χ4n) is 5.45. The number of hydrogen-bond donors (Lipinski definition) is 0. The van der Waals surface area contributed by atoms with Gasteiger partial charge in [-0.3, -0.25) is 0 Å². The molecule has 1 heteroatoms. The molecule has 0 nitrogen and oxygen atoms in total. The molecule has 0 saturated carbocycles. The van der Waals surface area contributed by atoms with Gasteiger partial charge in [0, 0.05) is 0 Å². The van der Waals surface area contributed by atoms with Crippen molar-refractivity contribution in [1.29, 1.82) is 0 Å². The average Bonchev–Trinajstić information content (AvgIpc) is 3.00. The molecule has 2 atom stereocenters. The molecule has 0 bridgehead atoms. The Kier molecular flexibility index (Phi) is 8.26. The van der Waals surface area contributed by atoms with Crippen LogP contribution in [-0.4, -0.2) is 13.4 Å². The third kappa shape index (κ3) is 5.84. The van der Waals surface area contributed by atoms with Gasteiger partial charge in [-0.2, -0.15) is 0 Å². The van der Waals surface area contributed by atoms with E-state index in [0.717, 1.165) is 11.9 Å². The number of rotatable bonds is 9. The monoisotopic (exact) mass is 488 g/mol. The van der Waals surface area contributed by atoms with E-state index in [1.54, 1.807) is 0 Å². The standard InChI is InChI=1S/C37H33B/c1-28(30-17-9-4-10-18-30)36(33-23-25-34(38-2)26-24-33)37(32-21-13-6-14-22-32)35(31-19-11-5-12-20-31)27-29-15-7-3-8-16-29/h3-26,28,36H,2,27H2,1H3/b37-35+. The Labute approximate surface area is 228 Å². The van der Waals surface area contributed by atoms with Gasteiger partial charge in [0.2, 0.25) is 0 Å². The first-order valence-electron chi connectivity index (χ1n) is 13.4. The summed E-state index contributed by atoms with van der Waals surface area (Å²) >= 11 is 0. The van der Waals surface area contributed by atoms with Crippen molar-refractivity contribution in [3.8, 4) is 0 Å². The zero-order valence-corrected chi connectivity index (χ0v) is 22.0. The normalized spacial score (nSPS) is 13.2. The van der Waals surface area contributed by atoms with Crippen LogP contribution in [0.25, 0.3) is 11.1 Å². The summed E-state index contributed by atoms with van der Waals surface area (Å²) in [6, 6.07) is 52.6. The van der Waals surface area contributed by atoms with Crippen LogP contribution < -0.4 is 5.46 Å². The summed E-state index contributed by atoms with van der Waals surface area (Å²) in [6.07, 6.45) is 0.859. The number of benzene rings is 5. The van der Waals surface area contributed by atoms with Crippen molar-refractivity contribution in [3.05, 3.63) is 173 Å². The Morgan fingerprint density at radius 1 is 0.579 bits per heavy atom. The first kappa shape index (κ1) is 25.4. The molecule has 2 unspecified atom stereocenters. The Hall–Kier alpha value is -4.23. The van der Waals surface area contributed by atoms with E-state index >= 15 is 0 Å². The van der Waals surface area contributed by atoms with Crippen LogP contribution in [0, 0.1) is 0 Å². The molecule has 0 aromatic heterocycles. The van der Waals surface area contributed by atoms with Crippen molar-refractivity contribution in [2.24, 2.45) is 0 Å². The molecule has 0 spiro atoms. The minimum atomic E-state index is 0.151. The first-order valence-corrected chi connectivity index (χ1v) is 13.4. The minimum absolute atomic E-state index is 0.151. The van der Waals surface area contributed by atoms with Crippen LogP contribution in [0.5, 0.6) is 0 Å². The van der Waals surface area contributed by atoms with Crippen LogP contribution in [0.3, 0.4) is 0 Å². The molecule has 0 aliphatic carbocycles. The molecule has 0 saturated heterocycles. The second-order valence-corrected chi connectivity index (χ2v) is 9.83. The summed E-state index contributed by atoms with van der Waals surface area (Å²) in [5.74, 6) is 0.410. The van der Waals surface area contributed by atoms with Crippen LogP contribution in [0.4, 0.5) is 0 Å². The van der Waals surface area contributed by atoms with Crippen LogP contribution in [0.2, 0.25) is 0 Å². The molecular formula is C37H33B. The third-order valence-electron chi connectivity index (χ3n) is 7.42. The van der Waals surface area contributed by atoms with Crippen LogP contribution in [0.1, 0.15) is 46.6 Å². The van der Waals surface area contributed by atoms with Gasteiger partial charge >= 0.3 is 229 Å². The zero-order chi connectivity index (χ0) is 26.2. The zero-order valence-electron chi connectivity index (χ0n) is 22.0. The molecule has 0 aliphatic heterocycles. The van der Waals surface area contributed by atoms with Gasteiger partial charge in [-0.15, -0.1) is 0 Å². The summed E-state index contributed by atoms with van der Waals surface area (Å²) < 4.78 is 0. The fourth-order valence-corrected chi connectivity index (χ4v) is 5.45. The van der Waals surface area contributed by atoms with Gasteiger partial charge in [0.15, 0.2) is 0 Å². The Bertz CT molecular complexity index is 1470. The van der Waals surface area contributed by atoms with E-state index in [-0.39, 0.29) is 11.8 Å². The Morgan fingerprint density at radius 3 is 1.63 bits per heavy atom. The van der Waals surface area contributed by atoms with Crippen molar-refractivity contribution in [3.63, 3.8) is 0 Å². The topological polar surface area (TPSA) is 0 Å². The first-order chi connectivity index (χ1) is 18.7. The molecule has 184 valence electrons. The molecule has 5 aromatic carbocycles. The summed E-state index contributed by atoms with van der Waals surface area (Å²) in [5, 5.41) is 0. The van der Waals surface area contributed by atoms with Crippen molar-refractivity contribution >= 4 is 30.0 Å². The molecule has 0 fully saturated rings. The van der Waals surface area contributed by atoms with Crippen LogP contribution in [-0.2, 0) is 6.42 Å². The second-order valence-electron chi connectivity index (χ2n) is 9.83. The predicted molar refractivity (Wildman–Crippen MR) is 166 cm³/mol. The molecule has 5 rings (SSSR count). The maximum absolute atomic E-state index is 3.98. The summed E-state index contributed by atoms with van der Waals surface area (Å²) in [7, 11) is 0. The van der Waals surface area contributed by atoms with Crippen molar-refractivity contribution in [2.75, 3.05) is 0 Å². The van der Waals surface area contributed by atoms with Gasteiger partial charge in [-0.05, 0) is 0 Å². The van der Waals surface area contributed by atoms with Gasteiger partial charge in [0.05, 0.1) is 0 Å². The van der Waals surface area contributed by atoms with Gasteiger partial charge < -0.3 is 0 Å². The van der Waals surface area contributed by atoms with E-state index < -0.39 is 0 Å². The average molecular weight is 488 g/mol. The van der Waals surface area contributed by atoms with E-state index in [9.17, 15) is 0 Å². The van der Waals surface area contributed by atoms with E-state index in [1.807, 2.05) is 6.92 Å². The molecule has 38 heavy (non-hydrogen) atoms. The third-order valence-corrected chi connectivity index (χ3v) is 7.42. The molecule has 0 N–H and O–H groups in total. The van der Waals surface area contributed by atoms with Gasteiger partial charge in [-0.1, -0.05) is 0 Å². The van der Waals surface area contributed by atoms with Crippen molar-refractivity contribution < 1.29 is 0 Å². The molecule has 0 radical (unpaired) electrons. The maximum atomic E-state index is 3.98. The van der Waals surface area contributed by atoms with Crippen molar-refractivity contribution in [2.45, 2.75) is 25.2 Å². The van der Waals surface area contributed by atoms with Crippen LogP contribution in [0.15, 0.2) is 146 Å². The summed E-state index contributed by atoms with van der Waals surface area (Å²) in [5.41, 5.74) is 10.4. The molecule has 5 aromatic rings. The predicted octanol–water partition coefficient (Wildman–Crippen LogP) is 8.19. The van der Waals surface area contributed by atoms with Crippen LogP contribution >= 0.6 is 0 Å². The number of allylic oxidation sites excluding steroid dienone is 2. The SMILES string of the molecule is C=Bc1ccc(C(/C(=C(\Cc2ccccc2)c2ccccc2)c2ccccc2)C(C)c2ccccc2)cc1. The Morgan fingerprint density at radius 2 is 1.08 bits per heavy atom. The molecule has 0 amide bonds. The Balaban J connectivity index is 1.82. The molecule has 0 heterocycles. The van der Waals surface area contributed by atoms with E-state index in [2.05, 4.69) is 159 Å². The summed E-state index contributed by atoms with van der Waals surface area (Å²) in [6.45, 7) is 8.26. The van der Waals surface area contributed by atoms with E-state index in [4.69, 9.17) is 0 Å². The van der Waals surface area contributed by atoms with Crippen molar-refractivity contribution in [1.82, 2.24) is 0 Å². The molecule has 0 aliphatic rings. The van der Waals surface area contributed by atoms with E-state index in [0.29, 0.717) is 0 Å². The fraction of sp³-hybridized carbons (Fsp3) is 0.108. The summed E-state index contributed by atoms with van der Waals surface area (Å²) in [4.78, 5) is 0. The quantitative estimate of drug-likeness (QED) is 0.145. The van der Waals surface area contributed by atoms with Gasteiger partial charge in [0.25, 0.3) is 0 Å². The van der Waals surface area contributed by atoms with E-state index in [1.165, 1.54) is 39.0 Å². The molecular weight excluding hydrogens is 455 g/mol. The number of hydrogen-bond acceptors (Lipinski definition) is 0. The van der Waals surface area contributed by atoms with Gasteiger partial charge in [0.1, 0.15) is 0 Å². The van der Waals surface area contributed by atoms with Gasteiger partial charge in [-0.25, -0.2) is 0 Å².